The molecule has 9 heteroatoms. The van der Waals surface area contributed by atoms with E-state index >= 15 is 0 Å². The quantitative estimate of drug-likeness (QED) is 0.470. The average Bonchev–Trinajstić information content (AvgIpc) is 2.69. The van der Waals surface area contributed by atoms with E-state index < -0.39 is 20.5 Å². The van der Waals surface area contributed by atoms with Crippen LogP contribution in [0.15, 0.2) is 23.1 Å². The smallest absolute Gasteiger partial charge is 0.292 e. The summed E-state index contributed by atoms with van der Waals surface area (Å²) in [5, 5.41) is 20.5. The lowest BCUT2D eigenvalue weighted by Crippen LogP contribution is -2.33. The third-order valence-electron chi connectivity index (χ3n) is 3.25. The highest BCUT2D eigenvalue weighted by atomic mass is 32.2. The van der Waals surface area contributed by atoms with E-state index in [4.69, 9.17) is 5.73 Å². The Kier molecular flexibility index (Phi) is 3.44. The molecule has 1 heterocycles. The van der Waals surface area contributed by atoms with Crippen molar-refractivity contribution in [2.45, 2.75) is 23.8 Å². The van der Waals surface area contributed by atoms with Gasteiger partial charge in [-0.25, -0.2) is 8.42 Å². The van der Waals surface area contributed by atoms with Crippen LogP contribution in [-0.2, 0) is 10.0 Å². The first-order valence-corrected chi connectivity index (χ1v) is 7.34. The maximum absolute atomic E-state index is 12.3. The molecule has 1 fully saturated rings. The van der Waals surface area contributed by atoms with Crippen molar-refractivity contribution in [2.75, 3.05) is 18.8 Å². The van der Waals surface area contributed by atoms with Crippen LogP contribution in [0.4, 0.5) is 11.4 Å². The Bertz CT molecular complexity index is 656. The summed E-state index contributed by atoms with van der Waals surface area (Å²) in [6.07, 6.45) is 0.342. The van der Waals surface area contributed by atoms with Gasteiger partial charge in [0.1, 0.15) is 5.69 Å². The van der Waals surface area contributed by atoms with Crippen LogP contribution in [0.5, 0.6) is 0 Å². The summed E-state index contributed by atoms with van der Waals surface area (Å²) in [4.78, 5) is 9.87. The van der Waals surface area contributed by atoms with Gasteiger partial charge in [0.25, 0.3) is 5.69 Å². The number of nitrogens with two attached hydrogens (primary N) is 1. The highest BCUT2D eigenvalue weighted by molar-refractivity contribution is 7.89. The summed E-state index contributed by atoms with van der Waals surface area (Å²) in [6, 6.07) is 3.29. The largest absolute Gasteiger partial charge is 0.393 e. The zero-order valence-electron chi connectivity index (χ0n) is 10.8. The van der Waals surface area contributed by atoms with E-state index in [1.54, 1.807) is 6.92 Å². The molecule has 0 amide bonds. The zero-order valence-corrected chi connectivity index (χ0v) is 11.6. The Morgan fingerprint density at radius 1 is 1.50 bits per heavy atom. The van der Waals surface area contributed by atoms with Crippen molar-refractivity contribution in [3.05, 3.63) is 28.3 Å². The van der Waals surface area contributed by atoms with Crippen molar-refractivity contribution in [2.24, 2.45) is 0 Å². The molecule has 0 bridgehead atoms. The zero-order chi connectivity index (χ0) is 15.1. The van der Waals surface area contributed by atoms with Crippen LogP contribution in [0, 0.1) is 10.1 Å². The standard InChI is InChI=1S/C11H15N3O5S/c1-11(15)4-5-13(7-11)20(18,19)8-2-3-10(14(16)17)9(12)6-8/h2-3,6,15H,4-5,7,12H2,1H3. The number of sulfonamides is 1. The Labute approximate surface area is 116 Å². The SMILES string of the molecule is CC1(O)CCN(S(=O)(=O)c2ccc([N+](=O)[O-])c(N)c2)C1. The first-order chi connectivity index (χ1) is 9.13. The van der Waals surface area contributed by atoms with E-state index in [2.05, 4.69) is 0 Å². The summed E-state index contributed by atoms with van der Waals surface area (Å²) < 4.78 is 25.8. The van der Waals surface area contributed by atoms with Gasteiger partial charge in [0.05, 0.1) is 15.4 Å². The second-order valence-electron chi connectivity index (χ2n) is 5.06. The number of nitro benzene ring substituents is 1. The minimum absolute atomic E-state index is 0.00771. The predicted octanol–water partition coefficient (Wildman–Crippen LogP) is 0.322. The van der Waals surface area contributed by atoms with Crippen LogP contribution < -0.4 is 5.73 Å². The van der Waals surface area contributed by atoms with E-state index in [0.29, 0.717) is 6.42 Å². The van der Waals surface area contributed by atoms with Gasteiger partial charge in [0.15, 0.2) is 0 Å². The molecule has 1 aromatic rings. The van der Waals surface area contributed by atoms with Crippen LogP contribution in [0.2, 0.25) is 0 Å². The first-order valence-electron chi connectivity index (χ1n) is 5.90. The van der Waals surface area contributed by atoms with Crippen LogP contribution in [0.3, 0.4) is 0 Å². The van der Waals surface area contributed by atoms with Crippen molar-refractivity contribution in [3.63, 3.8) is 0 Å². The fourth-order valence-electron chi connectivity index (χ4n) is 2.12. The number of nitrogen functional groups attached to an aromatic ring is 1. The number of rotatable bonds is 3. The van der Waals surface area contributed by atoms with Crippen LogP contribution in [0.25, 0.3) is 0 Å². The Morgan fingerprint density at radius 2 is 2.15 bits per heavy atom. The molecule has 2 rings (SSSR count). The van der Waals surface area contributed by atoms with Gasteiger partial charge in [-0.1, -0.05) is 0 Å². The lowest BCUT2D eigenvalue weighted by Gasteiger charge is -2.19. The summed E-state index contributed by atoms with van der Waals surface area (Å²) in [5.41, 5.74) is 3.90. The first kappa shape index (κ1) is 14.7. The third kappa shape index (κ3) is 2.60. The monoisotopic (exact) mass is 301 g/mol. The summed E-state index contributed by atoms with van der Waals surface area (Å²) in [5.74, 6) is 0. The van der Waals surface area contributed by atoms with Gasteiger partial charge in [-0.3, -0.25) is 10.1 Å². The molecule has 1 unspecified atom stereocenters. The fourth-order valence-corrected chi connectivity index (χ4v) is 3.71. The van der Waals surface area contributed by atoms with E-state index in [9.17, 15) is 23.6 Å². The van der Waals surface area contributed by atoms with Gasteiger partial charge in [-0.05, 0) is 25.5 Å². The second-order valence-corrected chi connectivity index (χ2v) is 7.00. The molecule has 1 aliphatic heterocycles. The number of benzene rings is 1. The van der Waals surface area contributed by atoms with E-state index in [0.717, 1.165) is 22.5 Å². The van der Waals surface area contributed by atoms with Crippen molar-refractivity contribution in [1.29, 1.82) is 0 Å². The molecule has 20 heavy (non-hydrogen) atoms. The molecule has 3 N–H and O–H groups in total. The molecule has 110 valence electrons. The van der Waals surface area contributed by atoms with Crippen LogP contribution >= 0.6 is 0 Å². The molecule has 1 atom stereocenters. The number of hydrogen-bond acceptors (Lipinski definition) is 6. The molecule has 1 aromatic carbocycles. The van der Waals surface area contributed by atoms with E-state index in [1.807, 2.05) is 0 Å². The summed E-state index contributed by atoms with van der Waals surface area (Å²) >= 11 is 0. The summed E-state index contributed by atoms with van der Waals surface area (Å²) in [7, 11) is -3.80. The van der Waals surface area contributed by atoms with Gasteiger partial charge in [0.2, 0.25) is 10.0 Å². The number of β-amino-alcohol motifs (C(OH)–C–C–N with tert-alkyl or cyclic N) is 1. The molecule has 0 aromatic heterocycles. The lowest BCUT2D eigenvalue weighted by molar-refractivity contribution is -0.383. The van der Waals surface area contributed by atoms with Crippen molar-refractivity contribution in [1.82, 2.24) is 4.31 Å². The molecule has 8 nitrogen and oxygen atoms in total. The Morgan fingerprint density at radius 3 is 2.60 bits per heavy atom. The Hall–Kier alpha value is -1.71. The van der Waals surface area contributed by atoms with Crippen LogP contribution in [0.1, 0.15) is 13.3 Å². The molecule has 0 saturated carbocycles. The van der Waals surface area contributed by atoms with Crippen molar-refractivity contribution in [3.8, 4) is 0 Å². The molecule has 1 saturated heterocycles. The molecule has 1 aliphatic rings. The number of nitro groups is 1. The lowest BCUT2D eigenvalue weighted by atomic mass is 10.1. The minimum atomic E-state index is -3.80. The van der Waals surface area contributed by atoms with Gasteiger partial charge in [0, 0.05) is 19.2 Å². The number of nitrogens with zero attached hydrogens (tertiary/aromatic N) is 2. The topological polar surface area (TPSA) is 127 Å². The number of anilines is 1. The van der Waals surface area contributed by atoms with E-state index in [-0.39, 0.29) is 29.4 Å². The molecule has 0 spiro atoms. The summed E-state index contributed by atoms with van der Waals surface area (Å²) in [6.45, 7) is 1.76. The third-order valence-corrected chi connectivity index (χ3v) is 5.09. The number of aliphatic hydroxyl groups is 1. The van der Waals surface area contributed by atoms with Gasteiger partial charge < -0.3 is 10.8 Å². The van der Waals surface area contributed by atoms with Gasteiger partial charge in [-0.15, -0.1) is 0 Å². The van der Waals surface area contributed by atoms with Crippen molar-refractivity contribution >= 4 is 21.4 Å². The number of hydrogen-bond donors (Lipinski definition) is 2. The highest BCUT2D eigenvalue weighted by Gasteiger charge is 2.38. The average molecular weight is 301 g/mol. The van der Waals surface area contributed by atoms with Gasteiger partial charge >= 0.3 is 0 Å². The fraction of sp³-hybridized carbons (Fsp3) is 0.455. The Balaban J connectivity index is 2.36. The second kappa shape index (κ2) is 4.69. The highest BCUT2D eigenvalue weighted by Crippen LogP contribution is 2.30. The maximum atomic E-state index is 12.3. The van der Waals surface area contributed by atoms with Crippen LogP contribution in [-0.4, -0.2) is 41.4 Å². The maximum Gasteiger partial charge on any atom is 0.292 e. The van der Waals surface area contributed by atoms with E-state index in [1.165, 1.54) is 0 Å². The predicted molar refractivity (Wildman–Crippen MR) is 71.5 cm³/mol. The molecule has 0 aliphatic carbocycles. The molecular formula is C11H15N3O5S. The minimum Gasteiger partial charge on any atom is -0.393 e. The van der Waals surface area contributed by atoms with Gasteiger partial charge in [-0.2, -0.15) is 4.31 Å². The van der Waals surface area contributed by atoms with Crippen molar-refractivity contribution < 1.29 is 18.4 Å². The molecular weight excluding hydrogens is 286 g/mol. The normalized spacial score (nSPS) is 23.9. The molecule has 0 radical (unpaired) electrons.